The van der Waals surface area contributed by atoms with E-state index in [0.717, 1.165) is 6.04 Å². The molecule has 4 aromatic rings. The number of cyclic esters (lactones) is 1. The summed E-state index contributed by atoms with van der Waals surface area (Å²) in [6, 6.07) is 4.88. The highest BCUT2D eigenvalue weighted by molar-refractivity contribution is 6.76. The Morgan fingerprint density at radius 2 is 1.92 bits per heavy atom. The Hall–Kier alpha value is -3.71. The third-order valence-electron chi connectivity index (χ3n) is 6.68. The lowest BCUT2D eigenvalue weighted by molar-refractivity contribution is 0.0795. The first-order chi connectivity index (χ1) is 18.5. The SMILES string of the molecule is CC(C)C1COC(=O)N1c1ccn2ncc(-c3cc(F)c(-c4ncnn4COCC[Si](C)(C)C)c(F)c3)c2n1. The fourth-order valence-electron chi connectivity index (χ4n) is 4.41. The number of ether oxygens (including phenoxy) is 2. The molecule has 0 bridgehead atoms. The van der Waals surface area contributed by atoms with Crippen molar-refractivity contribution in [3.8, 4) is 22.5 Å². The average molecular weight is 556 g/mol. The lowest BCUT2D eigenvalue weighted by Gasteiger charge is -2.23. The fraction of sp³-hybridized carbons (Fsp3) is 0.423. The van der Waals surface area contributed by atoms with Crippen molar-refractivity contribution in [2.45, 2.75) is 52.3 Å². The van der Waals surface area contributed by atoms with E-state index in [2.05, 4.69) is 39.8 Å². The molecule has 0 spiro atoms. The summed E-state index contributed by atoms with van der Waals surface area (Å²) in [6.07, 6.45) is 3.89. The number of benzene rings is 1. The lowest BCUT2D eigenvalue weighted by Crippen LogP contribution is -2.37. The maximum absolute atomic E-state index is 15.4. The monoisotopic (exact) mass is 555 g/mol. The molecular weight excluding hydrogens is 524 g/mol. The molecule has 39 heavy (non-hydrogen) atoms. The van der Waals surface area contributed by atoms with Crippen LogP contribution in [0.5, 0.6) is 0 Å². The van der Waals surface area contributed by atoms with Crippen molar-refractivity contribution in [2.75, 3.05) is 18.1 Å². The molecule has 13 heteroatoms. The largest absolute Gasteiger partial charge is 0.447 e. The minimum absolute atomic E-state index is 0.0390. The van der Waals surface area contributed by atoms with Gasteiger partial charge in [0.15, 0.2) is 11.5 Å². The summed E-state index contributed by atoms with van der Waals surface area (Å²) in [6.45, 7) is 11.6. The van der Waals surface area contributed by atoms with Gasteiger partial charge in [0.25, 0.3) is 0 Å². The van der Waals surface area contributed by atoms with Gasteiger partial charge in [-0.2, -0.15) is 10.2 Å². The number of rotatable bonds is 9. The van der Waals surface area contributed by atoms with Crippen molar-refractivity contribution in [1.29, 1.82) is 0 Å². The van der Waals surface area contributed by atoms with Crippen LogP contribution in [0.15, 0.2) is 36.9 Å². The standard InChI is InChI=1S/C26H31F2N7O3Si/c1-16(2)21-13-38-26(36)35(21)22-6-7-33-24(32-22)18(12-30-33)17-10-19(27)23(20(28)11-17)25-29-14-31-34(25)15-37-8-9-39(3,4)5/h6-7,10-12,14,16,21H,8-9,13,15H2,1-5H3. The zero-order chi connectivity index (χ0) is 27.9. The smallest absolute Gasteiger partial charge is 0.415 e. The van der Waals surface area contributed by atoms with E-state index >= 15 is 8.78 Å². The molecule has 1 atom stereocenters. The first-order valence-electron chi connectivity index (χ1n) is 12.8. The second-order valence-electron chi connectivity index (χ2n) is 11.1. The molecule has 0 radical (unpaired) electrons. The molecular formula is C26H31F2N7O3Si. The Morgan fingerprint density at radius 3 is 2.62 bits per heavy atom. The molecule has 1 unspecified atom stereocenters. The molecule has 1 aromatic carbocycles. The van der Waals surface area contributed by atoms with E-state index in [-0.39, 0.29) is 42.2 Å². The van der Waals surface area contributed by atoms with Crippen LogP contribution >= 0.6 is 0 Å². The predicted molar refractivity (Wildman–Crippen MR) is 144 cm³/mol. The summed E-state index contributed by atoms with van der Waals surface area (Å²) >= 11 is 0. The number of carbonyl (C=O) groups is 1. The van der Waals surface area contributed by atoms with E-state index in [9.17, 15) is 4.79 Å². The van der Waals surface area contributed by atoms with Crippen LogP contribution < -0.4 is 4.90 Å². The van der Waals surface area contributed by atoms with Gasteiger partial charge in [-0.1, -0.05) is 33.5 Å². The molecule has 1 fully saturated rings. The van der Waals surface area contributed by atoms with Crippen LogP contribution in [-0.4, -0.2) is 62.8 Å². The second-order valence-corrected chi connectivity index (χ2v) is 16.7. The van der Waals surface area contributed by atoms with Gasteiger partial charge in [-0.05, 0) is 35.7 Å². The Morgan fingerprint density at radius 1 is 1.18 bits per heavy atom. The van der Waals surface area contributed by atoms with Crippen molar-refractivity contribution in [1.82, 2.24) is 29.4 Å². The number of hydrogen-bond acceptors (Lipinski definition) is 7. The Kier molecular flexibility index (Phi) is 7.20. The first kappa shape index (κ1) is 26.9. The van der Waals surface area contributed by atoms with Crippen LogP contribution in [-0.2, 0) is 16.2 Å². The molecule has 3 aromatic heterocycles. The van der Waals surface area contributed by atoms with Crippen molar-refractivity contribution >= 4 is 25.6 Å². The highest BCUT2D eigenvalue weighted by atomic mass is 28.3. The van der Waals surface area contributed by atoms with Gasteiger partial charge in [-0.15, -0.1) is 0 Å². The predicted octanol–water partition coefficient (Wildman–Crippen LogP) is 5.23. The number of halogens is 2. The van der Waals surface area contributed by atoms with Crippen molar-refractivity contribution < 1.29 is 23.0 Å². The molecule has 4 heterocycles. The number of anilines is 1. The van der Waals surface area contributed by atoms with Gasteiger partial charge in [-0.25, -0.2) is 32.7 Å². The Bertz CT molecular complexity index is 1490. The summed E-state index contributed by atoms with van der Waals surface area (Å²) in [5.74, 6) is -1.05. The van der Waals surface area contributed by atoms with E-state index in [1.807, 2.05) is 13.8 Å². The molecule has 0 saturated carbocycles. The summed E-state index contributed by atoms with van der Waals surface area (Å²) in [5.41, 5.74) is 0.705. The summed E-state index contributed by atoms with van der Waals surface area (Å²) < 4.78 is 44.6. The maximum atomic E-state index is 15.4. The van der Waals surface area contributed by atoms with Crippen LogP contribution in [0.1, 0.15) is 13.8 Å². The first-order valence-corrected chi connectivity index (χ1v) is 16.5. The van der Waals surface area contributed by atoms with Crippen molar-refractivity contribution in [3.05, 3.63) is 48.6 Å². The number of hydrogen-bond donors (Lipinski definition) is 0. The molecule has 1 saturated heterocycles. The van der Waals surface area contributed by atoms with Gasteiger partial charge < -0.3 is 9.47 Å². The molecule has 0 aliphatic carbocycles. The minimum atomic E-state index is -1.28. The molecule has 206 valence electrons. The topological polar surface area (TPSA) is 99.7 Å². The van der Waals surface area contributed by atoms with Gasteiger partial charge in [0.2, 0.25) is 0 Å². The normalized spacial score (nSPS) is 16.1. The van der Waals surface area contributed by atoms with Crippen LogP contribution in [0, 0.1) is 17.6 Å². The number of fused-ring (bicyclic) bond motifs is 1. The van der Waals surface area contributed by atoms with Crippen LogP contribution in [0.3, 0.4) is 0 Å². The van der Waals surface area contributed by atoms with Crippen LogP contribution in [0.25, 0.3) is 28.2 Å². The molecule has 10 nitrogen and oxygen atoms in total. The second kappa shape index (κ2) is 10.5. The highest BCUT2D eigenvalue weighted by Crippen LogP contribution is 2.33. The Labute approximate surface area is 225 Å². The van der Waals surface area contributed by atoms with E-state index in [1.165, 1.54) is 38.8 Å². The molecule has 5 rings (SSSR count). The van der Waals surface area contributed by atoms with Crippen LogP contribution in [0.2, 0.25) is 25.7 Å². The quantitative estimate of drug-likeness (QED) is 0.206. The van der Waals surface area contributed by atoms with E-state index < -0.39 is 25.8 Å². The van der Waals surface area contributed by atoms with Gasteiger partial charge in [-0.3, -0.25) is 4.90 Å². The molecule has 1 aliphatic rings. The van der Waals surface area contributed by atoms with Gasteiger partial charge in [0.1, 0.15) is 37.1 Å². The summed E-state index contributed by atoms with van der Waals surface area (Å²) in [5, 5.41) is 8.36. The van der Waals surface area contributed by atoms with Crippen molar-refractivity contribution in [3.63, 3.8) is 0 Å². The van der Waals surface area contributed by atoms with Crippen LogP contribution in [0.4, 0.5) is 19.4 Å². The average Bonchev–Trinajstić information content (AvgIpc) is 3.59. The Balaban J connectivity index is 1.45. The van der Waals surface area contributed by atoms with Gasteiger partial charge in [0, 0.05) is 26.4 Å². The lowest BCUT2D eigenvalue weighted by atomic mass is 10.0. The zero-order valence-electron chi connectivity index (χ0n) is 22.6. The zero-order valence-corrected chi connectivity index (χ0v) is 23.6. The van der Waals surface area contributed by atoms with E-state index in [1.54, 1.807) is 12.3 Å². The molecule has 1 amide bonds. The third-order valence-corrected chi connectivity index (χ3v) is 8.38. The number of amides is 1. The minimum Gasteiger partial charge on any atom is -0.447 e. The fourth-order valence-corrected chi connectivity index (χ4v) is 5.17. The van der Waals surface area contributed by atoms with E-state index in [0.29, 0.717) is 23.6 Å². The van der Waals surface area contributed by atoms with Gasteiger partial charge >= 0.3 is 6.09 Å². The van der Waals surface area contributed by atoms with E-state index in [4.69, 9.17) is 9.47 Å². The summed E-state index contributed by atoms with van der Waals surface area (Å²) in [4.78, 5) is 22.6. The third kappa shape index (κ3) is 5.41. The highest BCUT2D eigenvalue weighted by Gasteiger charge is 2.37. The molecule has 0 N–H and O–H groups in total. The maximum Gasteiger partial charge on any atom is 0.415 e. The van der Waals surface area contributed by atoms with Gasteiger partial charge in [0.05, 0.1) is 17.8 Å². The number of carbonyl (C=O) groups excluding carboxylic acids is 1. The number of aromatic nitrogens is 6. The van der Waals surface area contributed by atoms with Crippen molar-refractivity contribution in [2.24, 2.45) is 5.92 Å². The number of nitrogens with zero attached hydrogens (tertiary/aromatic N) is 7. The molecule has 1 aliphatic heterocycles. The summed E-state index contributed by atoms with van der Waals surface area (Å²) in [7, 11) is -1.28.